The Hall–Kier alpha value is -2.28. The molecule has 6 nitrogen and oxygen atoms in total. The number of piperazine rings is 1. The molecule has 6 rings (SSSR count). The molecule has 3 atom stereocenters. The van der Waals surface area contributed by atoms with Crippen molar-refractivity contribution in [3.05, 3.63) is 51.9 Å². The molecule has 1 aliphatic carbocycles. The van der Waals surface area contributed by atoms with Crippen LogP contribution in [0.4, 0.5) is 0 Å². The molecule has 30 heavy (non-hydrogen) atoms. The van der Waals surface area contributed by atoms with Crippen LogP contribution in [0.5, 0.6) is 5.75 Å². The number of halogens is 1. The molecule has 4 aliphatic rings. The molecule has 2 saturated heterocycles. The van der Waals surface area contributed by atoms with E-state index in [9.17, 15) is 9.59 Å². The summed E-state index contributed by atoms with van der Waals surface area (Å²) in [6, 6.07) is 9.87. The molecule has 2 bridgehead atoms. The molecule has 0 radical (unpaired) electrons. The first-order chi connectivity index (χ1) is 14.6. The highest BCUT2D eigenvalue weighted by Gasteiger charge is 2.49. The lowest BCUT2D eigenvalue weighted by Gasteiger charge is -2.36. The number of hydrogen-bond acceptors (Lipinski definition) is 4. The number of fused-ring (bicyclic) bond motifs is 3. The van der Waals surface area contributed by atoms with E-state index in [4.69, 9.17) is 9.15 Å². The third-order valence-electron chi connectivity index (χ3n) is 6.89. The zero-order valence-corrected chi connectivity index (χ0v) is 18.1. The zero-order chi connectivity index (χ0) is 20.4. The molecule has 0 N–H and O–H groups in total. The summed E-state index contributed by atoms with van der Waals surface area (Å²) in [5, 5.41) is 0. The van der Waals surface area contributed by atoms with Crippen LogP contribution in [0.15, 0.2) is 39.2 Å². The number of ether oxygens (including phenoxy) is 1. The molecule has 1 unspecified atom stereocenters. The molecule has 1 aromatic heterocycles. The molecular weight excluding hydrogens is 448 g/mol. The Balaban J connectivity index is 1.12. The minimum atomic E-state index is -0.165. The van der Waals surface area contributed by atoms with Gasteiger partial charge in [-0.3, -0.25) is 9.59 Å². The van der Waals surface area contributed by atoms with Gasteiger partial charge < -0.3 is 19.0 Å². The van der Waals surface area contributed by atoms with Gasteiger partial charge in [-0.15, -0.1) is 0 Å². The molecule has 4 heterocycles. The highest BCUT2D eigenvalue weighted by atomic mass is 79.9. The topological polar surface area (TPSA) is 63.0 Å². The predicted molar refractivity (Wildman–Crippen MR) is 112 cm³/mol. The number of carbonyl (C=O) groups is 2. The Kier molecular flexibility index (Phi) is 4.23. The second-order valence-corrected chi connectivity index (χ2v) is 9.76. The normalized spacial score (nSPS) is 27.2. The maximum absolute atomic E-state index is 13.2. The van der Waals surface area contributed by atoms with Gasteiger partial charge in [0.15, 0.2) is 5.76 Å². The lowest BCUT2D eigenvalue weighted by atomic mass is 9.95. The molecule has 1 aromatic carbocycles. The van der Waals surface area contributed by atoms with E-state index in [1.54, 1.807) is 6.07 Å². The van der Waals surface area contributed by atoms with E-state index in [0.717, 1.165) is 40.8 Å². The fourth-order valence-electron chi connectivity index (χ4n) is 5.16. The molecule has 2 amide bonds. The van der Waals surface area contributed by atoms with Gasteiger partial charge in [0.25, 0.3) is 5.91 Å². The Bertz CT molecular complexity index is 1030. The van der Waals surface area contributed by atoms with Gasteiger partial charge in [0.05, 0.1) is 22.5 Å². The second kappa shape index (κ2) is 6.87. The van der Waals surface area contributed by atoms with Crippen molar-refractivity contribution in [1.82, 2.24) is 9.80 Å². The maximum atomic E-state index is 13.2. The summed E-state index contributed by atoms with van der Waals surface area (Å²) in [5.41, 5.74) is 1.07. The number of amides is 2. The van der Waals surface area contributed by atoms with Gasteiger partial charge in [-0.1, -0.05) is 12.1 Å². The number of furan rings is 1. The van der Waals surface area contributed by atoms with E-state index in [2.05, 4.69) is 15.9 Å². The zero-order valence-electron chi connectivity index (χ0n) is 16.6. The summed E-state index contributed by atoms with van der Waals surface area (Å²) in [5.74, 6) is 2.66. The van der Waals surface area contributed by atoms with Crippen LogP contribution in [0.1, 0.15) is 47.1 Å². The van der Waals surface area contributed by atoms with Crippen molar-refractivity contribution in [3.8, 4) is 5.75 Å². The first kappa shape index (κ1) is 18.5. The quantitative estimate of drug-likeness (QED) is 0.687. The minimum absolute atomic E-state index is 0.0405. The number of hydrogen-bond donors (Lipinski definition) is 0. The third-order valence-corrected chi connectivity index (χ3v) is 7.52. The Morgan fingerprint density at radius 3 is 2.60 bits per heavy atom. The predicted octanol–water partition coefficient (Wildman–Crippen LogP) is 3.60. The first-order valence-electron chi connectivity index (χ1n) is 10.7. The van der Waals surface area contributed by atoms with E-state index in [1.807, 2.05) is 34.1 Å². The van der Waals surface area contributed by atoms with Crippen molar-refractivity contribution in [2.24, 2.45) is 5.92 Å². The molecule has 156 valence electrons. The van der Waals surface area contributed by atoms with Gasteiger partial charge in [0.2, 0.25) is 5.91 Å². The lowest BCUT2D eigenvalue weighted by molar-refractivity contribution is -0.139. The first-order valence-corrected chi connectivity index (χ1v) is 11.5. The summed E-state index contributed by atoms with van der Waals surface area (Å²) in [7, 11) is 0. The lowest BCUT2D eigenvalue weighted by Crippen LogP contribution is -2.53. The van der Waals surface area contributed by atoms with Gasteiger partial charge in [-0.25, -0.2) is 0 Å². The van der Waals surface area contributed by atoms with Crippen LogP contribution in [0.25, 0.3) is 0 Å². The summed E-state index contributed by atoms with van der Waals surface area (Å²) < 4.78 is 12.6. The second-order valence-electron chi connectivity index (χ2n) is 8.91. The number of likely N-dealkylation sites (tertiary alicyclic amines) is 2. The molecule has 2 aromatic rings. The average molecular weight is 471 g/mol. The van der Waals surface area contributed by atoms with E-state index in [1.165, 1.54) is 0 Å². The fraction of sp³-hybridized carbons (Fsp3) is 0.478. The Morgan fingerprint density at radius 1 is 1.03 bits per heavy atom. The van der Waals surface area contributed by atoms with Gasteiger partial charge in [-0.2, -0.15) is 0 Å². The van der Waals surface area contributed by atoms with Crippen molar-refractivity contribution in [2.75, 3.05) is 19.7 Å². The van der Waals surface area contributed by atoms with Gasteiger partial charge >= 0.3 is 0 Å². The minimum Gasteiger partial charge on any atom is -0.491 e. The van der Waals surface area contributed by atoms with E-state index >= 15 is 0 Å². The molecular formula is C23H23BrN2O4. The molecule has 7 heteroatoms. The molecule has 0 spiro atoms. The van der Waals surface area contributed by atoms with Crippen molar-refractivity contribution in [3.63, 3.8) is 0 Å². The summed E-state index contributed by atoms with van der Waals surface area (Å²) in [4.78, 5) is 30.0. The molecule has 3 aliphatic heterocycles. The summed E-state index contributed by atoms with van der Waals surface area (Å²) in [6.07, 6.45) is 3.85. The maximum Gasteiger partial charge on any atom is 0.289 e. The van der Waals surface area contributed by atoms with Crippen LogP contribution in [-0.4, -0.2) is 53.4 Å². The van der Waals surface area contributed by atoms with Gasteiger partial charge in [-0.05, 0) is 65.4 Å². The Morgan fingerprint density at radius 2 is 1.83 bits per heavy atom. The number of para-hydroxylation sites is 1. The van der Waals surface area contributed by atoms with Crippen molar-refractivity contribution < 1.29 is 18.7 Å². The number of carbonyl (C=O) groups excluding carboxylic acids is 2. The van der Waals surface area contributed by atoms with Crippen molar-refractivity contribution in [2.45, 2.75) is 43.7 Å². The standard InChI is InChI=1S/C23H23BrN2O4/c24-18-3-1-2-14-8-15(12-29-21(14)18)22(27)25-10-17-9-16(25)11-26(17)23(28)20-7-6-19(30-20)13-4-5-13/h1-3,6-7,13,15-17H,4-5,8-12H2/t15?,16-,17-/m0/s1. The molecule has 3 fully saturated rings. The van der Waals surface area contributed by atoms with E-state index in [0.29, 0.717) is 37.8 Å². The summed E-state index contributed by atoms with van der Waals surface area (Å²) >= 11 is 3.52. The third kappa shape index (κ3) is 2.97. The number of benzene rings is 1. The van der Waals surface area contributed by atoms with Gasteiger partial charge in [0, 0.05) is 19.0 Å². The van der Waals surface area contributed by atoms with Crippen LogP contribution >= 0.6 is 15.9 Å². The van der Waals surface area contributed by atoms with E-state index < -0.39 is 0 Å². The Labute approximate surface area is 183 Å². The van der Waals surface area contributed by atoms with Crippen LogP contribution in [0.2, 0.25) is 0 Å². The SMILES string of the molecule is O=C(c1ccc(C2CC2)o1)N1C[C@@H]2C[C@H]1CN2C(=O)C1COc2c(Br)cccc2C1. The molecule has 1 saturated carbocycles. The smallest absolute Gasteiger partial charge is 0.289 e. The van der Waals surface area contributed by atoms with Crippen molar-refractivity contribution >= 4 is 27.7 Å². The van der Waals surface area contributed by atoms with Crippen LogP contribution in [0.3, 0.4) is 0 Å². The summed E-state index contributed by atoms with van der Waals surface area (Å²) in [6.45, 7) is 1.60. The number of nitrogens with zero attached hydrogens (tertiary/aromatic N) is 2. The van der Waals surface area contributed by atoms with E-state index in [-0.39, 0.29) is 29.8 Å². The van der Waals surface area contributed by atoms with Crippen LogP contribution < -0.4 is 4.74 Å². The van der Waals surface area contributed by atoms with Crippen LogP contribution in [0, 0.1) is 5.92 Å². The van der Waals surface area contributed by atoms with Gasteiger partial charge in [0.1, 0.15) is 18.1 Å². The average Bonchev–Trinajstić information content (AvgIpc) is 3.18. The largest absolute Gasteiger partial charge is 0.491 e. The monoisotopic (exact) mass is 470 g/mol. The fourth-order valence-corrected chi connectivity index (χ4v) is 5.68. The highest BCUT2D eigenvalue weighted by molar-refractivity contribution is 9.10. The van der Waals surface area contributed by atoms with Crippen molar-refractivity contribution in [1.29, 1.82) is 0 Å². The van der Waals surface area contributed by atoms with Crippen LogP contribution in [-0.2, 0) is 11.2 Å². The highest BCUT2D eigenvalue weighted by Crippen LogP contribution is 2.41. The number of rotatable bonds is 3.